The molecule has 1 aliphatic heterocycles. The molecule has 26 heavy (non-hydrogen) atoms. The van der Waals surface area contributed by atoms with Crippen molar-refractivity contribution in [3.05, 3.63) is 29.8 Å². The summed E-state index contributed by atoms with van der Waals surface area (Å²) < 4.78 is 25.7. The molecule has 0 atom stereocenters. The van der Waals surface area contributed by atoms with Crippen LogP contribution in [0.25, 0.3) is 0 Å². The molecule has 0 radical (unpaired) electrons. The Bertz CT molecular complexity index is 739. The minimum Gasteiger partial charge on any atom is -0.353 e. The molecule has 1 aliphatic rings. The molecule has 0 aromatic heterocycles. The van der Waals surface area contributed by atoms with Gasteiger partial charge in [0.25, 0.3) is 5.91 Å². The van der Waals surface area contributed by atoms with Crippen molar-refractivity contribution in [1.82, 2.24) is 19.8 Å². The SMILES string of the molecule is CNS(=O)(=O)c1ccc(C(=O)N2CCN(CC(=O)NC(C)C)CC2)cc1. The second-order valence-corrected chi connectivity index (χ2v) is 8.41. The largest absolute Gasteiger partial charge is 0.353 e. The summed E-state index contributed by atoms with van der Waals surface area (Å²) >= 11 is 0. The van der Waals surface area contributed by atoms with Crippen LogP contribution in [0, 0.1) is 0 Å². The predicted molar refractivity (Wildman–Crippen MR) is 98.3 cm³/mol. The van der Waals surface area contributed by atoms with Gasteiger partial charge in [-0.3, -0.25) is 14.5 Å². The highest BCUT2D eigenvalue weighted by atomic mass is 32.2. The number of carbonyl (C=O) groups excluding carboxylic acids is 2. The fraction of sp³-hybridized carbons (Fsp3) is 0.529. The monoisotopic (exact) mass is 382 g/mol. The van der Waals surface area contributed by atoms with E-state index in [-0.39, 0.29) is 22.8 Å². The number of piperazine rings is 1. The topological polar surface area (TPSA) is 98.8 Å². The van der Waals surface area contributed by atoms with Crippen LogP contribution in [0.3, 0.4) is 0 Å². The molecule has 1 aromatic carbocycles. The zero-order valence-electron chi connectivity index (χ0n) is 15.4. The van der Waals surface area contributed by atoms with Gasteiger partial charge in [-0.1, -0.05) is 0 Å². The van der Waals surface area contributed by atoms with E-state index >= 15 is 0 Å². The molecule has 1 aromatic rings. The molecule has 0 saturated carbocycles. The third-order valence-corrected chi connectivity index (χ3v) is 5.59. The van der Waals surface area contributed by atoms with Gasteiger partial charge in [-0.05, 0) is 45.2 Å². The lowest BCUT2D eigenvalue weighted by Crippen LogP contribution is -2.51. The Morgan fingerprint density at radius 1 is 1.08 bits per heavy atom. The number of carbonyl (C=O) groups is 2. The average molecular weight is 382 g/mol. The first-order valence-electron chi connectivity index (χ1n) is 8.57. The molecule has 2 amide bonds. The van der Waals surface area contributed by atoms with Gasteiger partial charge in [0, 0.05) is 37.8 Å². The van der Waals surface area contributed by atoms with Crippen molar-refractivity contribution in [2.75, 3.05) is 39.8 Å². The van der Waals surface area contributed by atoms with Gasteiger partial charge in [0.15, 0.2) is 0 Å². The molecule has 0 unspecified atom stereocenters. The van der Waals surface area contributed by atoms with Crippen molar-refractivity contribution >= 4 is 21.8 Å². The Balaban J connectivity index is 1.91. The van der Waals surface area contributed by atoms with E-state index in [1.165, 1.54) is 31.3 Å². The lowest BCUT2D eigenvalue weighted by Gasteiger charge is -2.34. The molecule has 1 heterocycles. The molecule has 8 nitrogen and oxygen atoms in total. The molecule has 0 spiro atoms. The van der Waals surface area contributed by atoms with Crippen LogP contribution in [0.2, 0.25) is 0 Å². The first-order chi connectivity index (χ1) is 12.2. The number of benzene rings is 1. The zero-order chi connectivity index (χ0) is 19.3. The number of hydrogen-bond acceptors (Lipinski definition) is 5. The first-order valence-corrected chi connectivity index (χ1v) is 10.1. The molecule has 0 aliphatic carbocycles. The predicted octanol–water partition coefficient (Wildman–Crippen LogP) is -0.123. The number of rotatable bonds is 6. The highest BCUT2D eigenvalue weighted by Crippen LogP contribution is 2.13. The van der Waals surface area contributed by atoms with Crippen LogP contribution in [0.5, 0.6) is 0 Å². The number of nitrogens with one attached hydrogen (secondary N) is 2. The quantitative estimate of drug-likeness (QED) is 0.715. The standard InChI is InChI=1S/C17H26N4O4S/c1-13(2)19-16(22)12-20-8-10-21(11-9-20)17(23)14-4-6-15(7-5-14)26(24,25)18-3/h4-7,13,18H,8-12H2,1-3H3,(H,19,22). The van der Waals surface area contributed by atoms with Gasteiger partial charge < -0.3 is 10.2 Å². The van der Waals surface area contributed by atoms with Crippen molar-refractivity contribution in [2.45, 2.75) is 24.8 Å². The Labute approximate surface area is 154 Å². The molecule has 2 rings (SSSR count). The Morgan fingerprint density at radius 2 is 1.65 bits per heavy atom. The highest BCUT2D eigenvalue weighted by molar-refractivity contribution is 7.89. The second-order valence-electron chi connectivity index (χ2n) is 6.52. The fourth-order valence-electron chi connectivity index (χ4n) is 2.76. The Morgan fingerprint density at radius 3 is 2.15 bits per heavy atom. The van der Waals surface area contributed by atoms with E-state index in [1.54, 1.807) is 4.90 Å². The second kappa shape index (κ2) is 8.61. The Kier molecular flexibility index (Phi) is 6.74. The van der Waals surface area contributed by atoms with Crippen LogP contribution in [0.4, 0.5) is 0 Å². The summed E-state index contributed by atoms with van der Waals surface area (Å²) in [7, 11) is -2.17. The number of amides is 2. The van der Waals surface area contributed by atoms with Crippen LogP contribution in [0.1, 0.15) is 24.2 Å². The van der Waals surface area contributed by atoms with E-state index in [1.807, 2.05) is 18.7 Å². The fourth-order valence-corrected chi connectivity index (χ4v) is 3.49. The maximum Gasteiger partial charge on any atom is 0.253 e. The first kappa shape index (κ1) is 20.3. The minimum absolute atomic E-state index is 0.0129. The van der Waals surface area contributed by atoms with Crippen molar-refractivity contribution in [3.8, 4) is 0 Å². The molecule has 1 fully saturated rings. The van der Waals surface area contributed by atoms with E-state index < -0.39 is 10.0 Å². The number of nitrogens with zero attached hydrogens (tertiary/aromatic N) is 2. The summed E-state index contributed by atoms with van der Waals surface area (Å²) in [5.74, 6) is -0.147. The molecular formula is C17H26N4O4S. The van der Waals surface area contributed by atoms with Crippen LogP contribution in [0.15, 0.2) is 29.2 Å². The molecule has 1 saturated heterocycles. The van der Waals surface area contributed by atoms with Crippen molar-refractivity contribution in [1.29, 1.82) is 0 Å². The molecule has 2 N–H and O–H groups in total. The van der Waals surface area contributed by atoms with Crippen LogP contribution in [-0.4, -0.2) is 75.8 Å². The molecule has 0 bridgehead atoms. The third-order valence-electron chi connectivity index (χ3n) is 4.16. The van der Waals surface area contributed by atoms with E-state index in [2.05, 4.69) is 10.0 Å². The van der Waals surface area contributed by atoms with Gasteiger partial charge in [-0.2, -0.15) is 0 Å². The normalized spacial score (nSPS) is 15.9. The van der Waals surface area contributed by atoms with E-state index in [4.69, 9.17) is 0 Å². The Hall–Kier alpha value is -1.97. The zero-order valence-corrected chi connectivity index (χ0v) is 16.2. The summed E-state index contributed by atoms with van der Waals surface area (Å²) in [6.07, 6.45) is 0. The summed E-state index contributed by atoms with van der Waals surface area (Å²) in [4.78, 5) is 28.2. The molecule has 144 valence electrons. The van der Waals surface area contributed by atoms with Gasteiger partial charge >= 0.3 is 0 Å². The maximum atomic E-state index is 12.6. The number of hydrogen-bond donors (Lipinski definition) is 2. The van der Waals surface area contributed by atoms with Crippen molar-refractivity contribution in [3.63, 3.8) is 0 Å². The van der Waals surface area contributed by atoms with Gasteiger partial charge in [-0.15, -0.1) is 0 Å². The van der Waals surface area contributed by atoms with Crippen LogP contribution in [-0.2, 0) is 14.8 Å². The van der Waals surface area contributed by atoms with E-state index in [9.17, 15) is 18.0 Å². The van der Waals surface area contributed by atoms with Crippen LogP contribution >= 0.6 is 0 Å². The minimum atomic E-state index is -3.51. The molecular weight excluding hydrogens is 356 g/mol. The third kappa shape index (κ3) is 5.26. The lowest BCUT2D eigenvalue weighted by molar-refractivity contribution is -0.123. The van der Waals surface area contributed by atoms with Crippen LogP contribution < -0.4 is 10.0 Å². The van der Waals surface area contributed by atoms with Crippen molar-refractivity contribution in [2.24, 2.45) is 0 Å². The summed E-state index contributed by atoms with van der Waals surface area (Å²) in [6, 6.07) is 6.00. The summed E-state index contributed by atoms with van der Waals surface area (Å²) in [6.45, 7) is 6.49. The van der Waals surface area contributed by atoms with Gasteiger partial charge in [0.2, 0.25) is 15.9 Å². The maximum absolute atomic E-state index is 12.6. The highest BCUT2D eigenvalue weighted by Gasteiger charge is 2.23. The van der Waals surface area contributed by atoms with Gasteiger partial charge in [0.05, 0.1) is 11.4 Å². The molecule has 9 heteroatoms. The smallest absolute Gasteiger partial charge is 0.253 e. The van der Waals surface area contributed by atoms with Crippen molar-refractivity contribution < 1.29 is 18.0 Å². The summed E-state index contributed by atoms with van der Waals surface area (Å²) in [5.41, 5.74) is 0.450. The summed E-state index contributed by atoms with van der Waals surface area (Å²) in [5, 5.41) is 2.86. The average Bonchev–Trinajstić information content (AvgIpc) is 2.61. The van der Waals surface area contributed by atoms with Gasteiger partial charge in [-0.25, -0.2) is 13.1 Å². The van der Waals surface area contributed by atoms with Gasteiger partial charge in [0.1, 0.15) is 0 Å². The van der Waals surface area contributed by atoms with E-state index in [0.29, 0.717) is 38.3 Å². The lowest BCUT2D eigenvalue weighted by atomic mass is 10.2. The van der Waals surface area contributed by atoms with E-state index in [0.717, 1.165) is 0 Å². The number of sulfonamides is 1.